The molecule has 2 rings (SSSR count). The number of rotatable bonds is 3. The molecule has 1 aliphatic rings. The van der Waals surface area contributed by atoms with Gasteiger partial charge in [0.25, 0.3) is 0 Å². The molecule has 1 aromatic carbocycles. The number of benzene rings is 1. The van der Waals surface area contributed by atoms with Gasteiger partial charge in [0.2, 0.25) is 10.0 Å². The van der Waals surface area contributed by atoms with Gasteiger partial charge in [-0.2, -0.15) is 4.31 Å². The zero-order chi connectivity index (χ0) is 15.8. The van der Waals surface area contributed by atoms with Crippen molar-refractivity contribution >= 4 is 26.0 Å². The van der Waals surface area contributed by atoms with Gasteiger partial charge in [-0.1, -0.05) is 15.9 Å². The van der Waals surface area contributed by atoms with Crippen LogP contribution in [0.2, 0.25) is 0 Å². The zero-order valence-electron chi connectivity index (χ0n) is 12.7. The maximum atomic E-state index is 12.9. The first-order valence-electron chi connectivity index (χ1n) is 6.83. The fourth-order valence-electron chi connectivity index (χ4n) is 2.54. The van der Waals surface area contributed by atoms with Gasteiger partial charge in [-0.15, -0.1) is 0 Å². The third kappa shape index (κ3) is 3.26. The second-order valence-corrected chi connectivity index (χ2v) is 8.30. The first-order chi connectivity index (χ1) is 9.77. The van der Waals surface area contributed by atoms with Crippen molar-refractivity contribution in [3.8, 4) is 5.75 Å². The van der Waals surface area contributed by atoms with E-state index in [9.17, 15) is 8.42 Å². The normalized spacial score (nSPS) is 25.0. The molecule has 7 heteroatoms. The summed E-state index contributed by atoms with van der Waals surface area (Å²) in [5.41, 5.74) is 0. The largest absolute Gasteiger partial charge is 0.495 e. The third-order valence-corrected chi connectivity index (χ3v) is 6.42. The number of hydrogen-bond acceptors (Lipinski definition) is 4. The highest BCUT2D eigenvalue weighted by atomic mass is 79.9. The number of piperazine rings is 1. The van der Waals surface area contributed by atoms with Gasteiger partial charge < -0.3 is 4.74 Å². The number of sulfonamides is 1. The number of hydrogen-bond donors (Lipinski definition) is 0. The summed E-state index contributed by atoms with van der Waals surface area (Å²) < 4.78 is 33.3. The first kappa shape index (κ1) is 16.7. The smallest absolute Gasteiger partial charge is 0.246 e. The van der Waals surface area contributed by atoms with E-state index in [-0.39, 0.29) is 17.0 Å². The van der Waals surface area contributed by atoms with Crippen LogP contribution in [0.4, 0.5) is 0 Å². The molecule has 0 bridgehead atoms. The van der Waals surface area contributed by atoms with Gasteiger partial charge >= 0.3 is 0 Å². The minimum atomic E-state index is -3.56. The molecular weight excluding hydrogens is 356 g/mol. The lowest BCUT2D eigenvalue weighted by Gasteiger charge is -2.41. The van der Waals surface area contributed by atoms with E-state index in [1.165, 1.54) is 7.11 Å². The number of methoxy groups -OCH3 is 1. The molecule has 1 fully saturated rings. The van der Waals surface area contributed by atoms with E-state index in [0.717, 1.165) is 4.47 Å². The van der Waals surface area contributed by atoms with Crippen LogP contribution >= 0.6 is 15.9 Å². The van der Waals surface area contributed by atoms with E-state index in [2.05, 4.69) is 20.8 Å². The van der Waals surface area contributed by atoms with Crippen molar-refractivity contribution in [1.29, 1.82) is 0 Å². The van der Waals surface area contributed by atoms with Crippen LogP contribution in [-0.2, 0) is 10.0 Å². The summed E-state index contributed by atoms with van der Waals surface area (Å²) in [5.74, 6) is 0.373. The molecular formula is C14H21BrN2O3S. The lowest BCUT2D eigenvalue weighted by Crippen LogP contribution is -2.56. The van der Waals surface area contributed by atoms with Crippen LogP contribution < -0.4 is 4.74 Å². The lowest BCUT2D eigenvalue weighted by atomic mass is 10.1. The van der Waals surface area contributed by atoms with Gasteiger partial charge in [0.1, 0.15) is 10.6 Å². The molecule has 1 heterocycles. The van der Waals surface area contributed by atoms with E-state index >= 15 is 0 Å². The SMILES string of the molecule is COc1ccc(Br)cc1S(=O)(=O)N1CC(C)N(C)C(C)C1. The average Bonchev–Trinajstić information content (AvgIpc) is 2.44. The molecule has 0 N–H and O–H groups in total. The Bertz CT molecular complexity index is 609. The second-order valence-electron chi connectivity index (χ2n) is 5.48. The second kappa shape index (κ2) is 6.24. The van der Waals surface area contributed by atoms with Crippen LogP contribution in [0, 0.1) is 0 Å². The van der Waals surface area contributed by atoms with E-state index in [1.807, 2.05) is 20.9 Å². The molecule has 0 amide bonds. The van der Waals surface area contributed by atoms with Crippen LogP contribution in [-0.4, -0.2) is 57.0 Å². The number of nitrogens with zero attached hydrogens (tertiary/aromatic N) is 2. The number of ether oxygens (including phenoxy) is 1. The molecule has 2 unspecified atom stereocenters. The minimum absolute atomic E-state index is 0.182. The molecule has 1 saturated heterocycles. The van der Waals surface area contributed by atoms with Crippen molar-refractivity contribution in [2.75, 3.05) is 27.2 Å². The summed E-state index contributed by atoms with van der Waals surface area (Å²) in [5, 5.41) is 0. The van der Waals surface area contributed by atoms with Gasteiger partial charge in [-0.05, 0) is 39.1 Å². The predicted octanol–water partition coefficient (Wildman–Crippen LogP) is 2.17. The molecule has 0 radical (unpaired) electrons. The molecule has 1 aliphatic heterocycles. The lowest BCUT2D eigenvalue weighted by molar-refractivity contribution is 0.105. The molecule has 0 aromatic heterocycles. The van der Waals surface area contributed by atoms with E-state index in [1.54, 1.807) is 22.5 Å². The third-order valence-electron chi connectivity index (χ3n) is 4.07. The molecule has 21 heavy (non-hydrogen) atoms. The standard InChI is InChI=1S/C14H21BrN2O3S/c1-10-8-17(9-11(2)16(10)3)21(18,19)14-7-12(15)5-6-13(14)20-4/h5-7,10-11H,8-9H2,1-4H3. The highest BCUT2D eigenvalue weighted by molar-refractivity contribution is 9.10. The number of halogens is 1. The number of likely N-dealkylation sites (N-methyl/N-ethyl adjacent to an activating group) is 1. The van der Waals surface area contributed by atoms with Crippen molar-refractivity contribution in [1.82, 2.24) is 9.21 Å². The molecule has 0 spiro atoms. The minimum Gasteiger partial charge on any atom is -0.495 e. The summed E-state index contributed by atoms with van der Waals surface area (Å²) in [6.45, 7) is 5.05. The highest BCUT2D eigenvalue weighted by Crippen LogP contribution is 2.31. The van der Waals surface area contributed by atoms with Crippen molar-refractivity contribution < 1.29 is 13.2 Å². The maximum absolute atomic E-state index is 12.9. The summed E-state index contributed by atoms with van der Waals surface area (Å²) >= 11 is 3.33. The van der Waals surface area contributed by atoms with Crippen LogP contribution in [0.3, 0.4) is 0 Å². The van der Waals surface area contributed by atoms with Crippen molar-refractivity contribution in [3.05, 3.63) is 22.7 Å². The molecule has 2 atom stereocenters. The summed E-state index contributed by atoms with van der Waals surface area (Å²) in [6, 6.07) is 5.40. The fourth-order valence-corrected chi connectivity index (χ4v) is 4.84. The molecule has 1 aromatic rings. The van der Waals surface area contributed by atoms with Gasteiger partial charge in [0.05, 0.1) is 7.11 Å². The van der Waals surface area contributed by atoms with E-state index < -0.39 is 10.0 Å². The summed E-state index contributed by atoms with van der Waals surface area (Å²) in [4.78, 5) is 2.41. The summed E-state index contributed by atoms with van der Waals surface area (Å²) in [7, 11) is -0.0545. The van der Waals surface area contributed by atoms with Gasteiger partial charge in [0.15, 0.2) is 0 Å². The Morgan fingerprint density at radius 1 is 1.24 bits per heavy atom. The Balaban J connectivity index is 2.41. The van der Waals surface area contributed by atoms with Crippen LogP contribution in [0.5, 0.6) is 5.75 Å². The zero-order valence-corrected chi connectivity index (χ0v) is 15.1. The Hall–Kier alpha value is -0.630. The highest BCUT2D eigenvalue weighted by Gasteiger charge is 2.35. The Kier molecular flexibility index (Phi) is 4.97. The monoisotopic (exact) mass is 376 g/mol. The Morgan fingerprint density at radius 2 is 1.81 bits per heavy atom. The van der Waals surface area contributed by atoms with Gasteiger partial charge in [-0.3, -0.25) is 4.90 Å². The van der Waals surface area contributed by atoms with Crippen molar-refractivity contribution in [2.24, 2.45) is 0 Å². The quantitative estimate of drug-likeness (QED) is 0.810. The van der Waals surface area contributed by atoms with Gasteiger partial charge in [-0.25, -0.2) is 8.42 Å². The summed E-state index contributed by atoms with van der Waals surface area (Å²) in [6.07, 6.45) is 0. The Morgan fingerprint density at radius 3 is 2.33 bits per heavy atom. The topological polar surface area (TPSA) is 49.9 Å². The van der Waals surface area contributed by atoms with E-state index in [4.69, 9.17) is 4.74 Å². The molecule has 0 saturated carbocycles. The molecule has 0 aliphatic carbocycles. The average molecular weight is 377 g/mol. The van der Waals surface area contributed by atoms with Crippen LogP contribution in [0.1, 0.15) is 13.8 Å². The molecule has 5 nitrogen and oxygen atoms in total. The van der Waals surface area contributed by atoms with Crippen molar-refractivity contribution in [2.45, 2.75) is 30.8 Å². The van der Waals surface area contributed by atoms with Crippen LogP contribution in [0.25, 0.3) is 0 Å². The van der Waals surface area contributed by atoms with Gasteiger partial charge in [0, 0.05) is 29.6 Å². The maximum Gasteiger partial charge on any atom is 0.246 e. The predicted molar refractivity (Wildman–Crippen MR) is 86.1 cm³/mol. The molecule has 118 valence electrons. The van der Waals surface area contributed by atoms with E-state index in [0.29, 0.717) is 18.8 Å². The fraction of sp³-hybridized carbons (Fsp3) is 0.571. The Labute approximate surface area is 135 Å². The van der Waals surface area contributed by atoms with Crippen LogP contribution in [0.15, 0.2) is 27.6 Å². The first-order valence-corrected chi connectivity index (χ1v) is 9.06. The van der Waals surface area contributed by atoms with Crippen molar-refractivity contribution in [3.63, 3.8) is 0 Å².